The Morgan fingerprint density at radius 1 is 1.29 bits per heavy atom. The van der Waals surface area contributed by atoms with Crippen LogP contribution in [0.4, 0.5) is 19.0 Å². The molecule has 0 radical (unpaired) electrons. The van der Waals surface area contributed by atoms with E-state index in [1.165, 1.54) is 18.2 Å². The maximum Gasteiger partial charge on any atom is 0.312 e. The number of rotatable bonds is 6. The topological polar surface area (TPSA) is 122 Å². The number of allylic oxidation sites excluding steroid dienone is 1. The van der Waals surface area contributed by atoms with Crippen molar-refractivity contribution < 1.29 is 17.9 Å². The number of nitrogens with two attached hydrogens (primary N) is 2. The summed E-state index contributed by atoms with van der Waals surface area (Å²) in [6, 6.07) is 5.69. The second-order valence-electron chi connectivity index (χ2n) is 8.79. The van der Waals surface area contributed by atoms with Gasteiger partial charge in [-0.1, -0.05) is 0 Å². The molecule has 1 aliphatic heterocycles. The second kappa shape index (κ2) is 10.4. The van der Waals surface area contributed by atoms with Crippen molar-refractivity contribution in [3.05, 3.63) is 70.3 Å². The fourth-order valence-electron chi connectivity index (χ4n) is 4.08. The summed E-state index contributed by atoms with van der Waals surface area (Å²) in [5, 5.41) is 14.3. The standard InChI is InChI=1S/C25H29F3N6O/c1-13-20-8-18(26)4-5-19(20)22(30)16(11-34-25(27)28)6-15(9-29)23(32-10-14-2-3-14)17-7-21(35-13)24(31)33-12-17/h4-5,7-8,11-14,25,30,32,34H,2-3,6,9-10,29H2,1H3,(H2,31,33)/b16-11-,23-15-,30-22?/t13-/m1/s1. The third-order valence-corrected chi connectivity index (χ3v) is 6.17. The smallest absolute Gasteiger partial charge is 0.312 e. The number of hydrogen-bond acceptors (Lipinski definition) is 7. The highest BCUT2D eigenvalue weighted by molar-refractivity contribution is 6.12. The van der Waals surface area contributed by atoms with Crippen LogP contribution in [0.2, 0.25) is 0 Å². The number of hydrogen-bond donors (Lipinski definition) is 5. The van der Waals surface area contributed by atoms with E-state index >= 15 is 0 Å². The number of aromatic nitrogens is 1. The van der Waals surface area contributed by atoms with Gasteiger partial charge in [0.1, 0.15) is 11.9 Å². The molecule has 7 N–H and O–H groups in total. The normalized spacial score (nSPS) is 21.7. The molecule has 4 rings (SSSR count). The van der Waals surface area contributed by atoms with E-state index in [-0.39, 0.29) is 30.1 Å². The number of nitrogens with one attached hydrogen (secondary N) is 3. The van der Waals surface area contributed by atoms with Crippen LogP contribution in [-0.2, 0) is 0 Å². The Bertz CT molecular complexity index is 1180. The number of fused-ring (bicyclic) bond motifs is 3. The van der Waals surface area contributed by atoms with Crippen LogP contribution >= 0.6 is 0 Å². The van der Waals surface area contributed by atoms with E-state index in [1.807, 2.05) is 5.32 Å². The molecule has 2 bridgehead atoms. The summed E-state index contributed by atoms with van der Waals surface area (Å²) in [6.07, 6.45) is 4.40. The van der Waals surface area contributed by atoms with Crippen LogP contribution in [0.1, 0.15) is 49.0 Å². The third-order valence-electron chi connectivity index (χ3n) is 6.17. The highest BCUT2D eigenvalue weighted by Crippen LogP contribution is 2.35. The molecular weight excluding hydrogens is 457 g/mol. The first-order chi connectivity index (χ1) is 16.8. The Labute approximate surface area is 202 Å². The van der Waals surface area contributed by atoms with Gasteiger partial charge >= 0.3 is 6.55 Å². The van der Waals surface area contributed by atoms with Gasteiger partial charge in [0.05, 0.1) is 5.71 Å². The van der Waals surface area contributed by atoms with Gasteiger partial charge < -0.3 is 26.8 Å². The molecule has 0 amide bonds. The Morgan fingerprint density at radius 3 is 2.74 bits per heavy atom. The van der Waals surface area contributed by atoms with E-state index in [4.69, 9.17) is 21.6 Å². The molecule has 0 saturated heterocycles. The van der Waals surface area contributed by atoms with Crippen molar-refractivity contribution >= 4 is 17.2 Å². The lowest BCUT2D eigenvalue weighted by Crippen LogP contribution is -2.23. The lowest BCUT2D eigenvalue weighted by Gasteiger charge is -2.24. The van der Waals surface area contributed by atoms with Gasteiger partial charge in [-0.3, -0.25) is 5.41 Å². The van der Waals surface area contributed by atoms with Crippen LogP contribution in [0.15, 0.2) is 47.8 Å². The first-order valence-electron chi connectivity index (χ1n) is 11.5. The van der Waals surface area contributed by atoms with Crippen molar-refractivity contribution in [2.24, 2.45) is 11.7 Å². The van der Waals surface area contributed by atoms with Gasteiger partial charge in [-0.05, 0) is 61.1 Å². The van der Waals surface area contributed by atoms with Crippen LogP contribution in [0.5, 0.6) is 5.75 Å². The van der Waals surface area contributed by atoms with Gasteiger partial charge in [-0.15, -0.1) is 0 Å². The SMILES string of the molecule is C[C@H]1Oc2cc(cnc2N)/C(NCC2CC2)=C(/CN)C/C(=C/NC(F)F)C(=N)c2ccc(F)cc21. The number of alkyl halides is 2. The number of pyridine rings is 1. The minimum atomic E-state index is -2.81. The average molecular weight is 487 g/mol. The number of anilines is 1. The monoisotopic (exact) mass is 486 g/mol. The lowest BCUT2D eigenvalue weighted by atomic mass is 9.90. The summed E-state index contributed by atoms with van der Waals surface area (Å²) in [7, 11) is 0. The zero-order valence-corrected chi connectivity index (χ0v) is 19.4. The molecular formula is C25H29F3N6O. The molecule has 7 nitrogen and oxygen atoms in total. The highest BCUT2D eigenvalue weighted by Gasteiger charge is 2.25. The molecule has 2 aromatic rings. The van der Waals surface area contributed by atoms with E-state index in [0.717, 1.165) is 25.6 Å². The van der Waals surface area contributed by atoms with Crippen molar-refractivity contribution in [3.63, 3.8) is 0 Å². The molecule has 2 heterocycles. The lowest BCUT2D eigenvalue weighted by molar-refractivity contribution is 0.125. The van der Waals surface area contributed by atoms with Crippen molar-refractivity contribution in [1.29, 1.82) is 5.41 Å². The zero-order chi connectivity index (χ0) is 25.1. The van der Waals surface area contributed by atoms with Crippen LogP contribution < -0.4 is 26.8 Å². The van der Waals surface area contributed by atoms with Gasteiger partial charge in [0.25, 0.3) is 0 Å². The summed E-state index contributed by atoms with van der Waals surface area (Å²) in [5.41, 5.74) is 15.3. The molecule has 186 valence electrons. The molecule has 1 aromatic heterocycles. The molecule has 2 aliphatic rings. The molecule has 1 aromatic carbocycles. The van der Waals surface area contributed by atoms with Crippen molar-refractivity contribution in [3.8, 4) is 5.75 Å². The van der Waals surface area contributed by atoms with E-state index < -0.39 is 18.5 Å². The van der Waals surface area contributed by atoms with Gasteiger partial charge in [-0.25, -0.2) is 9.37 Å². The number of nitrogens with zero attached hydrogens (tertiary/aromatic N) is 1. The number of nitrogen functional groups attached to an aromatic ring is 1. The summed E-state index contributed by atoms with van der Waals surface area (Å²) in [5.74, 6) is 0.526. The van der Waals surface area contributed by atoms with Crippen LogP contribution in [0, 0.1) is 17.1 Å². The molecule has 35 heavy (non-hydrogen) atoms. The first-order valence-corrected chi connectivity index (χ1v) is 11.5. The van der Waals surface area contributed by atoms with E-state index in [9.17, 15) is 13.2 Å². The van der Waals surface area contributed by atoms with Gasteiger partial charge in [-0.2, -0.15) is 8.78 Å². The Morgan fingerprint density at radius 2 is 2.06 bits per heavy atom. The number of ether oxygens (including phenoxy) is 1. The summed E-state index contributed by atoms with van der Waals surface area (Å²) < 4.78 is 46.4. The van der Waals surface area contributed by atoms with Crippen LogP contribution in [-0.4, -0.2) is 30.3 Å². The first kappa shape index (κ1) is 24.6. The fourth-order valence-corrected chi connectivity index (χ4v) is 4.08. The van der Waals surface area contributed by atoms with Crippen molar-refractivity contribution in [2.75, 3.05) is 18.8 Å². The minimum absolute atomic E-state index is 0.0357. The number of halogens is 3. The number of benzene rings is 1. The predicted octanol–water partition coefficient (Wildman–Crippen LogP) is 4.08. The average Bonchev–Trinajstić information content (AvgIpc) is 3.65. The van der Waals surface area contributed by atoms with Crippen molar-refractivity contribution in [2.45, 2.75) is 38.8 Å². The second-order valence-corrected chi connectivity index (χ2v) is 8.79. The van der Waals surface area contributed by atoms with Crippen LogP contribution in [0.3, 0.4) is 0 Å². The zero-order valence-electron chi connectivity index (χ0n) is 19.4. The minimum Gasteiger partial charge on any atom is -0.482 e. The predicted molar refractivity (Wildman–Crippen MR) is 129 cm³/mol. The summed E-state index contributed by atoms with van der Waals surface area (Å²) >= 11 is 0. The highest BCUT2D eigenvalue weighted by atomic mass is 19.3. The molecule has 1 atom stereocenters. The van der Waals surface area contributed by atoms with E-state index in [1.54, 1.807) is 19.2 Å². The molecule has 1 aliphatic carbocycles. The summed E-state index contributed by atoms with van der Waals surface area (Å²) in [6.45, 7) is -0.269. The molecule has 0 unspecified atom stereocenters. The fraction of sp³-hybridized carbons (Fsp3) is 0.360. The third kappa shape index (κ3) is 5.76. The van der Waals surface area contributed by atoms with E-state index in [2.05, 4.69) is 10.3 Å². The Kier molecular flexibility index (Phi) is 7.30. The van der Waals surface area contributed by atoms with Gasteiger partial charge in [0, 0.05) is 54.3 Å². The molecule has 0 spiro atoms. The van der Waals surface area contributed by atoms with Gasteiger partial charge in [0.2, 0.25) is 0 Å². The van der Waals surface area contributed by atoms with E-state index in [0.29, 0.717) is 39.6 Å². The Hall–Kier alpha value is -3.53. The Balaban J connectivity index is 1.91. The van der Waals surface area contributed by atoms with Gasteiger partial charge in [0.15, 0.2) is 11.6 Å². The van der Waals surface area contributed by atoms with Crippen molar-refractivity contribution in [1.82, 2.24) is 15.6 Å². The quantitative estimate of drug-likeness (QED) is 0.392. The molecule has 10 heteroatoms. The maximum absolute atomic E-state index is 14.2. The largest absolute Gasteiger partial charge is 0.482 e. The maximum atomic E-state index is 14.2. The molecule has 1 saturated carbocycles. The molecule has 1 fully saturated rings. The van der Waals surface area contributed by atoms with Crippen LogP contribution in [0.25, 0.3) is 5.70 Å². The summed E-state index contributed by atoms with van der Waals surface area (Å²) in [4.78, 5) is 4.29.